The smallest absolute Gasteiger partial charge is 0.338 e. The summed E-state index contributed by atoms with van der Waals surface area (Å²) in [5.74, 6) is 0.274. The van der Waals surface area contributed by atoms with E-state index in [1.165, 1.54) is 26.4 Å². The normalized spacial score (nSPS) is 10.4. The predicted octanol–water partition coefficient (Wildman–Crippen LogP) is 4.18. The third-order valence-corrected chi connectivity index (χ3v) is 3.85. The van der Waals surface area contributed by atoms with E-state index in [2.05, 4.69) is 0 Å². The van der Waals surface area contributed by atoms with Crippen LogP contribution in [-0.4, -0.2) is 38.7 Å². The van der Waals surface area contributed by atoms with Gasteiger partial charge in [-0.05, 0) is 50.2 Å². The summed E-state index contributed by atoms with van der Waals surface area (Å²) in [6.07, 6.45) is -0.115. The van der Waals surface area contributed by atoms with Gasteiger partial charge >= 0.3 is 5.97 Å². The largest absolute Gasteiger partial charge is 0.497 e. The van der Waals surface area contributed by atoms with Gasteiger partial charge in [-0.1, -0.05) is 11.6 Å². The molecule has 0 N–H and O–H groups in total. The highest BCUT2D eigenvalue weighted by Gasteiger charge is 2.19. The highest BCUT2D eigenvalue weighted by Crippen LogP contribution is 2.37. The van der Waals surface area contributed by atoms with Crippen molar-refractivity contribution in [2.45, 2.75) is 20.0 Å². The maximum absolute atomic E-state index is 12.3. The van der Waals surface area contributed by atoms with Crippen LogP contribution in [0.2, 0.25) is 5.02 Å². The second-order valence-electron chi connectivity index (χ2n) is 5.88. The van der Waals surface area contributed by atoms with Crippen LogP contribution in [0.15, 0.2) is 36.4 Å². The van der Waals surface area contributed by atoms with E-state index in [-0.39, 0.29) is 22.5 Å². The molecule has 0 amide bonds. The second kappa shape index (κ2) is 9.28. The lowest BCUT2D eigenvalue weighted by molar-refractivity contribution is 0.0474. The highest BCUT2D eigenvalue weighted by atomic mass is 35.5. The number of hydrogen-bond acceptors (Lipinski definition) is 6. The fourth-order valence-electron chi connectivity index (χ4n) is 2.26. The number of carbonyl (C=O) groups excluding carboxylic acids is 2. The van der Waals surface area contributed by atoms with Gasteiger partial charge in [0.1, 0.15) is 5.75 Å². The molecule has 0 saturated heterocycles. The Labute approximate surface area is 162 Å². The third kappa shape index (κ3) is 5.37. The third-order valence-electron chi connectivity index (χ3n) is 3.57. The molecule has 0 heterocycles. The summed E-state index contributed by atoms with van der Waals surface area (Å²) in [5, 5.41) is 0.219. The molecule has 144 valence electrons. The van der Waals surface area contributed by atoms with Crippen molar-refractivity contribution in [3.05, 3.63) is 52.5 Å². The Hall–Kier alpha value is -2.73. The van der Waals surface area contributed by atoms with Crippen LogP contribution < -0.4 is 14.2 Å². The van der Waals surface area contributed by atoms with Gasteiger partial charge in [-0.2, -0.15) is 0 Å². The van der Waals surface area contributed by atoms with E-state index in [9.17, 15) is 9.59 Å². The summed E-state index contributed by atoms with van der Waals surface area (Å²) >= 11 is 6.20. The van der Waals surface area contributed by atoms with Crippen molar-refractivity contribution < 1.29 is 28.5 Å². The van der Waals surface area contributed by atoms with E-state index in [0.29, 0.717) is 22.8 Å². The standard InChI is InChI=1S/C20H21ClO6/c1-12(2)27-19-16(21)9-14(10-18(19)25-4)20(23)26-11-17(22)13-5-7-15(24-3)8-6-13/h5-10,12H,11H2,1-4H3. The molecular weight excluding hydrogens is 372 g/mol. The predicted molar refractivity (Wildman–Crippen MR) is 101 cm³/mol. The number of ketones is 1. The van der Waals surface area contributed by atoms with Gasteiger partial charge in [0, 0.05) is 5.56 Å². The number of halogens is 1. The number of benzene rings is 2. The zero-order valence-electron chi connectivity index (χ0n) is 15.6. The van der Waals surface area contributed by atoms with Crippen molar-refractivity contribution in [2.24, 2.45) is 0 Å². The summed E-state index contributed by atoms with van der Waals surface area (Å²) in [4.78, 5) is 24.4. The van der Waals surface area contributed by atoms with E-state index in [1.807, 2.05) is 13.8 Å². The molecule has 0 aliphatic carbocycles. The fourth-order valence-corrected chi connectivity index (χ4v) is 2.52. The van der Waals surface area contributed by atoms with Gasteiger partial charge < -0.3 is 18.9 Å². The van der Waals surface area contributed by atoms with E-state index in [1.54, 1.807) is 24.3 Å². The molecule has 27 heavy (non-hydrogen) atoms. The number of methoxy groups -OCH3 is 2. The molecule has 0 aromatic heterocycles. The van der Waals surface area contributed by atoms with Gasteiger partial charge in [-0.15, -0.1) is 0 Å². The number of Topliss-reactive ketones (excluding diaryl/α,β-unsaturated/α-hetero) is 1. The first-order chi connectivity index (χ1) is 12.8. The average molecular weight is 393 g/mol. The molecule has 0 aliphatic heterocycles. The molecule has 0 fully saturated rings. The van der Waals surface area contributed by atoms with Crippen molar-refractivity contribution >= 4 is 23.4 Å². The van der Waals surface area contributed by atoms with Crippen molar-refractivity contribution in [3.63, 3.8) is 0 Å². The van der Waals surface area contributed by atoms with Crippen LogP contribution in [-0.2, 0) is 4.74 Å². The number of carbonyl (C=O) groups is 2. The first-order valence-electron chi connectivity index (χ1n) is 8.24. The number of ether oxygens (including phenoxy) is 4. The zero-order valence-corrected chi connectivity index (χ0v) is 16.3. The van der Waals surface area contributed by atoms with E-state index in [4.69, 9.17) is 30.5 Å². The van der Waals surface area contributed by atoms with Crippen LogP contribution in [0.1, 0.15) is 34.6 Å². The zero-order chi connectivity index (χ0) is 20.0. The molecule has 7 heteroatoms. The Balaban J connectivity index is 2.08. The van der Waals surface area contributed by atoms with Gasteiger partial charge in [0.15, 0.2) is 23.9 Å². The van der Waals surface area contributed by atoms with Crippen LogP contribution >= 0.6 is 11.6 Å². The van der Waals surface area contributed by atoms with E-state index >= 15 is 0 Å². The maximum atomic E-state index is 12.3. The molecule has 0 aliphatic rings. The molecular formula is C20H21ClO6. The number of esters is 1. The number of rotatable bonds is 8. The molecule has 0 unspecified atom stereocenters. The molecule has 0 atom stereocenters. The van der Waals surface area contributed by atoms with Crippen molar-refractivity contribution in [1.82, 2.24) is 0 Å². The first kappa shape index (κ1) is 20.6. The summed E-state index contributed by atoms with van der Waals surface area (Å²) in [6.45, 7) is 3.31. The number of hydrogen-bond donors (Lipinski definition) is 0. The van der Waals surface area contributed by atoms with Crippen molar-refractivity contribution in [1.29, 1.82) is 0 Å². The van der Waals surface area contributed by atoms with Crippen LogP contribution in [0.5, 0.6) is 17.2 Å². The van der Waals surface area contributed by atoms with Crippen LogP contribution in [0.3, 0.4) is 0 Å². The Morgan fingerprint density at radius 2 is 1.67 bits per heavy atom. The second-order valence-corrected chi connectivity index (χ2v) is 6.29. The summed E-state index contributed by atoms with van der Waals surface area (Å²) < 4.78 is 21.0. The summed E-state index contributed by atoms with van der Waals surface area (Å²) in [6, 6.07) is 9.41. The van der Waals surface area contributed by atoms with E-state index in [0.717, 1.165) is 0 Å². The summed E-state index contributed by atoms with van der Waals surface area (Å²) in [7, 11) is 2.98. The van der Waals surface area contributed by atoms with E-state index < -0.39 is 12.6 Å². The summed E-state index contributed by atoms with van der Waals surface area (Å²) in [5.41, 5.74) is 0.579. The molecule has 2 aromatic carbocycles. The minimum Gasteiger partial charge on any atom is -0.497 e. The topological polar surface area (TPSA) is 71.1 Å². The average Bonchev–Trinajstić information content (AvgIpc) is 2.66. The minimum atomic E-state index is -0.687. The molecule has 0 bridgehead atoms. The molecule has 2 aromatic rings. The fraction of sp³-hybridized carbons (Fsp3) is 0.300. The van der Waals surface area contributed by atoms with Gasteiger partial charge in [-0.25, -0.2) is 4.79 Å². The Morgan fingerprint density at radius 1 is 1.00 bits per heavy atom. The lowest BCUT2D eigenvalue weighted by atomic mass is 10.1. The molecule has 2 rings (SSSR count). The van der Waals surface area contributed by atoms with Gasteiger partial charge in [0.05, 0.1) is 30.9 Å². The Bertz CT molecular complexity index is 814. The molecule has 0 saturated carbocycles. The highest BCUT2D eigenvalue weighted by molar-refractivity contribution is 6.32. The van der Waals surface area contributed by atoms with Gasteiger partial charge in [0.2, 0.25) is 0 Å². The molecule has 6 nitrogen and oxygen atoms in total. The minimum absolute atomic E-state index is 0.115. The Morgan fingerprint density at radius 3 is 2.22 bits per heavy atom. The van der Waals surface area contributed by atoms with Gasteiger partial charge in [0.25, 0.3) is 0 Å². The molecule has 0 radical (unpaired) electrons. The maximum Gasteiger partial charge on any atom is 0.338 e. The van der Waals surface area contributed by atoms with Crippen LogP contribution in [0.25, 0.3) is 0 Å². The van der Waals surface area contributed by atoms with Crippen molar-refractivity contribution in [3.8, 4) is 17.2 Å². The Kier molecular flexibility index (Phi) is 7.07. The van der Waals surface area contributed by atoms with Gasteiger partial charge in [-0.3, -0.25) is 4.79 Å². The van der Waals surface area contributed by atoms with Crippen LogP contribution in [0, 0.1) is 0 Å². The quantitative estimate of drug-likeness (QED) is 0.495. The SMILES string of the molecule is COc1ccc(C(=O)COC(=O)c2cc(Cl)c(OC(C)C)c(OC)c2)cc1. The van der Waals surface area contributed by atoms with Crippen molar-refractivity contribution in [2.75, 3.05) is 20.8 Å². The lowest BCUT2D eigenvalue weighted by Crippen LogP contribution is -2.15. The first-order valence-corrected chi connectivity index (χ1v) is 8.62. The van der Waals surface area contributed by atoms with Crippen LogP contribution in [0.4, 0.5) is 0 Å². The monoisotopic (exact) mass is 392 g/mol. The lowest BCUT2D eigenvalue weighted by Gasteiger charge is -2.16. The molecule has 0 spiro atoms.